The lowest BCUT2D eigenvalue weighted by Gasteiger charge is -2.20. The van der Waals surface area contributed by atoms with Gasteiger partial charge in [0.25, 0.3) is 0 Å². The summed E-state index contributed by atoms with van der Waals surface area (Å²) in [6, 6.07) is 10.7. The summed E-state index contributed by atoms with van der Waals surface area (Å²) in [5.74, 6) is 0. The summed E-state index contributed by atoms with van der Waals surface area (Å²) in [5, 5.41) is 25.3. The molecular weight excluding hydrogens is 270 g/mol. The van der Waals surface area contributed by atoms with Crippen LogP contribution in [0.2, 0.25) is 0 Å². The number of azide groups is 1. The highest BCUT2D eigenvalue weighted by Gasteiger charge is 2.22. The zero-order valence-corrected chi connectivity index (χ0v) is 11.3. The van der Waals surface area contributed by atoms with Crippen molar-refractivity contribution < 1.29 is 15.0 Å². The molecule has 0 aromatic heterocycles. The molecule has 2 unspecified atom stereocenters. The van der Waals surface area contributed by atoms with Crippen molar-refractivity contribution in [2.24, 2.45) is 5.11 Å². The summed E-state index contributed by atoms with van der Waals surface area (Å²) >= 11 is 0. The monoisotopic (exact) mass is 285 g/mol. The first kappa shape index (κ1) is 15.0. The van der Waals surface area contributed by atoms with Gasteiger partial charge in [0.2, 0.25) is 0 Å². The highest BCUT2D eigenvalue weighted by molar-refractivity contribution is 5.93. The lowest BCUT2D eigenvalue weighted by Crippen LogP contribution is -2.20. The summed E-state index contributed by atoms with van der Waals surface area (Å²) in [7, 11) is 0. The number of rotatable bonds is 6. The molecule has 0 bridgehead atoms. The first-order valence-corrected chi connectivity index (χ1v) is 6.53. The van der Waals surface area contributed by atoms with Crippen molar-refractivity contribution in [1.29, 1.82) is 0 Å². The van der Waals surface area contributed by atoms with Crippen LogP contribution in [0.4, 0.5) is 0 Å². The van der Waals surface area contributed by atoms with E-state index >= 15 is 0 Å². The third-order valence-corrected chi connectivity index (χ3v) is 3.38. The summed E-state index contributed by atoms with van der Waals surface area (Å²) in [4.78, 5) is 13.8. The molecule has 0 fully saturated rings. The molecule has 2 aromatic rings. The topological polar surface area (TPSA) is 106 Å². The molecule has 0 saturated heterocycles. The van der Waals surface area contributed by atoms with E-state index in [0.29, 0.717) is 17.4 Å². The van der Waals surface area contributed by atoms with E-state index in [1.165, 1.54) is 0 Å². The van der Waals surface area contributed by atoms with Crippen LogP contribution in [0, 0.1) is 0 Å². The summed E-state index contributed by atoms with van der Waals surface area (Å²) in [6.07, 6.45) is -1.55. The van der Waals surface area contributed by atoms with E-state index in [1.807, 2.05) is 12.1 Å². The van der Waals surface area contributed by atoms with Gasteiger partial charge in [0.15, 0.2) is 0 Å². The Hall–Kier alpha value is -2.40. The number of benzene rings is 2. The Morgan fingerprint density at radius 1 is 1.24 bits per heavy atom. The molecule has 0 spiro atoms. The predicted octanol–water partition coefficient (Wildman–Crippen LogP) is 2.75. The Morgan fingerprint density at radius 3 is 2.71 bits per heavy atom. The minimum Gasteiger partial charge on any atom is -0.390 e. The number of fused-ring (bicyclic) bond motifs is 1. The molecule has 0 aliphatic heterocycles. The molecule has 2 aromatic carbocycles. The molecular formula is C15H15N3O3. The molecule has 108 valence electrons. The van der Waals surface area contributed by atoms with Crippen molar-refractivity contribution in [3.8, 4) is 0 Å². The summed E-state index contributed by atoms with van der Waals surface area (Å²) in [6.45, 7) is 0.0793. The fraction of sp³-hybridized carbons (Fsp3) is 0.267. The molecule has 0 radical (unpaired) electrons. The van der Waals surface area contributed by atoms with E-state index in [1.54, 1.807) is 24.3 Å². The normalized spacial score (nSPS) is 13.4. The van der Waals surface area contributed by atoms with Gasteiger partial charge in [-0.2, -0.15) is 0 Å². The van der Waals surface area contributed by atoms with E-state index in [0.717, 1.165) is 10.8 Å². The van der Waals surface area contributed by atoms with Gasteiger partial charge < -0.3 is 10.2 Å². The van der Waals surface area contributed by atoms with Gasteiger partial charge in [-0.1, -0.05) is 41.5 Å². The minimum absolute atomic E-state index is 0.0793. The van der Waals surface area contributed by atoms with Crippen LogP contribution in [-0.4, -0.2) is 29.1 Å². The molecule has 0 aliphatic rings. The number of aliphatic hydroxyl groups is 2. The zero-order chi connectivity index (χ0) is 15.2. The smallest absolute Gasteiger partial charge is 0.150 e. The van der Waals surface area contributed by atoms with E-state index in [9.17, 15) is 15.0 Å². The SMILES string of the molecule is [N-]=[N+]=NCCC(O)C(O)c1c(C=O)ccc2ccccc12. The maximum Gasteiger partial charge on any atom is 0.150 e. The fourth-order valence-corrected chi connectivity index (χ4v) is 2.33. The Kier molecular flexibility index (Phi) is 4.90. The van der Waals surface area contributed by atoms with Crippen LogP contribution in [0.25, 0.3) is 21.2 Å². The number of carbonyl (C=O) groups is 1. The molecule has 2 atom stereocenters. The van der Waals surface area contributed by atoms with E-state index < -0.39 is 12.2 Å². The van der Waals surface area contributed by atoms with Crippen LogP contribution in [-0.2, 0) is 0 Å². The van der Waals surface area contributed by atoms with Crippen molar-refractivity contribution in [2.75, 3.05) is 6.54 Å². The third kappa shape index (κ3) is 3.20. The Balaban J connectivity index is 2.42. The molecule has 21 heavy (non-hydrogen) atoms. The largest absolute Gasteiger partial charge is 0.390 e. The zero-order valence-electron chi connectivity index (χ0n) is 11.3. The summed E-state index contributed by atoms with van der Waals surface area (Å²) < 4.78 is 0. The first-order valence-electron chi connectivity index (χ1n) is 6.53. The molecule has 0 amide bonds. The van der Waals surface area contributed by atoms with Gasteiger partial charge in [0.05, 0.1) is 6.10 Å². The van der Waals surface area contributed by atoms with E-state index in [2.05, 4.69) is 10.0 Å². The van der Waals surface area contributed by atoms with Crippen LogP contribution < -0.4 is 0 Å². The number of hydrogen-bond donors (Lipinski definition) is 2. The molecule has 2 rings (SSSR count). The second-order valence-electron chi connectivity index (χ2n) is 4.66. The van der Waals surface area contributed by atoms with Gasteiger partial charge in [-0.3, -0.25) is 4.79 Å². The molecule has 0 heterocycles. The maximum absolute atomic E-state index is 11.2. The Bertz CT molecular complexity index is 696. The number of carbonyl (C=O) groups excluding carboxylic acids is 1. The lowest BCUT2D eigenvalue weighted by molar-refractivity contribution is 0.0156. The lowest BCUT2D eigenvalue weighted by atomic mass is 9.92. The van der Waals surface area contributed by atoms with Crippen molar-refractivity contribution >= 4 is 17.1 Å². The quantitative estimate of drug-likeness (QED) is 0.369. The van der Waals surface area contributed by atoms with Crippen molar-refractivity contribution in [3.63, 3.8) is 0 Å². The highest BCUT2D eigenvalue weighted by Crippen LogP contribution is 2.30. The number of nitrogens with zero attached hydrogens (tertiary/aromatic N) is 3. The van der Waals surface area contributed by atoms with Gasteiger partial charge in [0.1, 0.15) is 12.4 Å². The molecule has 0 saturated carbocycles. The summed E-state index contributed by atoms with van der Waals surface area (Å²) in [5.41, 5.74) is 8.96. The molecule has 6 nitrogen and oxygen atoms in total. The molecule has 2 N–H and O–H groups in total. The van der Waals surface area contributed by atoms with Crippen molar-refractivity contribution in [3.05, 3.63) is 58.0 Å². The average Bonchev–Trinajstić information content (AvgIpc) is 2.53. The maximum atomic E-state index is 11.2. The second-order valence-corrected chi connectivity index (χ2v) is 4.66. The minimum atomic E-state index is -1.22. The van der Waals surface area contributed by atoms with Gasteiger partial charge in [0, 0.05) is 22.6 Å². The van der Waals surface area contributed by atoms with Gasteiger partial charge in [-0.25, -0.2) is 0 Å². The van der Waals surface area contributed by atoms with Crippen LogP contribution in [0.15, 0.2) is 41.5 Å². The molecule has 6 heteroatoms. The van der Waals surface area contributed by atoms with E-state index in [4.69, 9.17) is 5.53 Å². The molecule has 0 aliphatic carbocycles. The Morgan fingerprint density at radius 2 is 2.00 bits per heavy atom. The predicted molar refractivity (Wildman–Crippen MR) is 78.9 cm³/mol. The second kappa shape index (κ2) is 6.85. The van der Waals surface area contributed by atoms with Gasteiger partial charge in [-0.05, 0) is 22.7 Å². The van der Waals surface area contributed by atoms with Gasteiger partial charge in [-0.15, -0.1) is 0 Å². The standard InChI is InChI=1S/C15H15N3O3/c16-18-17-8-7-13(20)15(21)14-11(9-19)6-5-10-3-1-2-4-12(10)14/h1-6,9,13,15,20-21H,7-8H2. The van der Waals surface area contributed by atoms with Gasteiger partial charge >= 0.3 is 0 Å². The highest BCUT2D eigenvalue weighted by atomic mass is 16.3. The van der Waals surface area contributed by atoms with Crippen LogP contribution >= 0.6 is 0 Å². The van der Waals surface area contributed by atoms with Crippen molar-refractivity contribution in [2.45, 2.75) is 18.6 Å². The van der Waals surface area contributed by atoms with Crippen LogP contribution in [0.5, 0.6) is 0 Å². The van der Waals surface area contributed by atoms with Crippen LogP contribution in [0.1, 0.15) is 28.4 Å². The first-order chi connectivity index (χ1) is 10.2. The number of hydrogen-bond acceptors (Lipinski definition) is 4. The van der Waals surface area contributed by atoms with Crippen molar-refractivity contribution in [1.82, 2.24) is 0 Å². The average molecular weight is 285 g/mol. The fourth-order valence-electron chi connectivity index (χ4n) is 2.33. The van der Waals surface area contributed by atoms with Crippen LogP contribution in [0.3, 0.4) is 0 Å². The number of aldehydes is 1. The Labute approximate surface area is 121 Å². The van der Waals surface area contributed by atoms with E-state index in [-0.39, 0.29) is 13.0 Å². The number of aliphatic hydroxyl groups excluding tert-OH is 2. The third-order valence-electron chi connectivity index (χ3n) is 3.38.